The fraction of sp³-hybridized carbons (Fsp3) is 0.241. The summed E-state index contributed by atoms with van der Waals surface area (Å²) in [6, 6.07) is 22.8. The molecule has 1 heterocycles. The normalized spacial score (nSPS) is 11.3. The van der Waals surface area contributed by atoms with E-state index >= 15 is 0 Å². The maximum absolute atomic E-state index is 13.3. The summed E-state index contributed by atoms with van der Waals surface area (Å²) >= 11 is 1.16. The first-order chi connectivity index (χ1) is 19.7. The number of amides is 2. The molecule has 3 aromatic carbocycles. The van der Waals surface area contributed by atoms with E-state index in [9.17, 15) is 22.8 Å². The van der Waals surface area contributed by atoms with Gasteiger partial charge in [-0.05, 0) is 48.2 Å². The molecule has 12 heteroatoms. The molecule has 0 fully saturated rings. The van der Waals surface area contributed by atoms with Crippen LogP contribution in [0, 0.1) is 0 Å². The predicted octanol–water partition coefficient (Wildman–Crippen LogP) is 2.59. The molecule has 4 rings (SSSR count). The van der Waals surface area contributed by atoms with Crippen LogP contribution in [0.4, 0.5) is 0 Å². The van der Waals surface area contributed by atoms with Gasteiger partial charge in [-0.25, -0.2) is 18.5 Å². The van der Waals surface area contributed by atoms with Crippen molar-refractivity contribution in [2.75, 3.05) is 12.3 Å². The molecule has 214 valence electrons. The zero-order chi connectivity index (χ0) is 29.2. The Kier molecular flexibility index (Phi) is 10.3. The molecular formula is C29H31N5O5S2. The van der Waals surface area contributed by atoms with Gasteiger partial charge in [-0.3, -0.25) is 19.0 Å². The van der Waals surface area contributed by atoms with Gasteiger partial charge in [0, 0.05) is 26.1 Å². The molecule has 0 aliphatic carbocycles. The Morgan fingerprint density at radius 3 is 2.32 bits per heavy atom. The third-order valence-electron chi connectivity index (χ3n) is 6.26. The number of nitrogens with two attached hydrogens (primary N) is 1. The van der Waals surface area contributed by atoms with Crippen LogP contribution in [0.1, 0.15) is 24.0 Å². The second kappa shape index (κ2) is 14.1. The Bertz CT molecular complexity index is 1670. The first-order valence-corrected chi connectivity index (χ1v) is 15.6. The Morgan fingerprint density at radius 1 is 0.878 bits per heavy atom. The maximum Gasteiger partial charge on any atom is 0.262 e. The average Bonchev–Trinajstić information content (AvgIpc) is 2.96. The predicted molar refractivity (Wildman–Crippen MR) is 159 cm³/mol. The van der Waals surface area contributed by atoms with Gasteiger partial charge >= 0.3 is 0 Å². The SMILES string of the molecule is NS(=O)(=O)c1ccc(CCNC(=O)CSc2nc3ccccc3c(=O)n2CCCC(=O)NCc2ccccc2)cc1. The monoisotopic (exact) mass is 593 g/mol. The number of rotatable bonds is 13. The van der Waals surface area contributed by atoms with Gasteiger partial charge < -0.3 is 10.6 Å². The van der Waals surface area contributed by atoms with Gasteiger partial charge in [0.15, 0.2) is 5.16 Å². The molecule has 0 spiro atoms. The minimum Gasteiger partial charge on any atom is -0.355 e. The third-order valence-corrected chi connectivity index (χ3v) is 8.17. The number of nitrogens with zero attached hydrogens (tertiary/aromatic N) is 2. The lowest BCUT2D eigenvalue weighted by atomic mass is 10.1. The van der Waals surface area contributed by atoms with Gasteiger partial charge in [0.05, 0.1) is 21.6 Å². The molecule has 0 atom stereocenters. The van der Waals surface area contributed by atoms with Crippen molar-refractivity contribution in [3.05, 3.63) is 100 Å². The molecule has 10 nitrogen and oxygen atoms in total. The molecule has 41 heavy (non-hydrogen) atoms. The van der Waals surface area contributed by atoms with Gasteiger partial charge in [0.25, 0.3) is 5.56 Å². The molecule has 2 amide bonds. The molecule has 0 saturated carbocycles. The van der Waals surface area contributed by atoms with E-state index in [2.05, 4.69) is 15.6 Å². The summed E-state index contributed by atoms with van der Waals surface area (Å²) in [7, 11) is -3.75. The lowest BCUT2D eigenvalue weighted by Crippen LogP contribution is -2.29. The van der Waals surface area contributed by atoms with E-state index in [1.165, 1.54) is 16.7 Å². The molecular weight excluding hydrogens is 562 g/mol. The number of carbonyl (C=O) groups is 2. The standard InChI is InChI=1S/C29H31N5O5S2/c30-41(38,39)23-14-12-21(13-15-23)16-17-31-27(36)20-40-29-33-25-10-5-4-9-24(25)28(37)34(29)18-6-11-26(35)32-19-22-7-2-1-3-8-22/h1-5,7-10,12-15H,6,11,16-20H2,(H,31,36)(H,32,35)(H2,30,38,39). The van der Waals surface area contributed by atoms with Gasteiger partial charge in [-0.1, -0.05) is 66.4 Å². The van der Waals surface area contributed by atoms with Crippen LogP contribution in [0.2, 0.25) is 0 Å². The minimum atomic E-state index is -3.75. The van der Waals surface area contributed by atoms with E-state index < -0.39 is 10.0 Å². The highest BCUT2D eigenvalue weighted by molar-refractivity contribution is 7.99. The summed E-state index contributed by atoms with van der Waals surface area (Å²) in [5, 5.41) is 11.7. The average molecular weight is 594 g/mol. The van der Waals surface area contributed by atoms with E-state index in [0.29, 0.717) is 42.0 Å². The van der Waals surface area contributed by atoms with Crippen LogP contribution >= 0.6 is 11.8 Å². The van der Waals surface area contributed by atoms with Crippen LogP contribution in [0.5, 0.6) is 0 Å². The highest BCUT2D eigenvalue weighted by Gasteiger charge is 2.14. The lowest BCUT2D eigenvalue weighted by molar-refractivity contribution is -0.121. The molecule has 0 saturated heterocycles. The van der Waals surface area contributed by atoms with Crippen LogP contribution in [0.25, 0.3) is 10.9 Å². The maximum atomic E-state index is 13.3. The number of aromatic nitrogens is 2. The molecule has 4 aromatic rings. The fourth-order valence-corrected chi connectivity index (χ4v) is 5.48. The van der Waals surface area contributed by atoms with Crippen molar-refractivity contribution in [1.29, 1.82) is 0 Å². The molecule has 0 bridgehead atoms. The molecule has 1 aromatic heterocycles. The Morgan fingerprint density at radius 2 is 1.59 bits per heavy atom. The Hall–Kier alpha value is -4.00. The van der Waals surface area contributed by atoms with Crippen molar-refractivity contribution in [3.8, 4) is 0 Å². The van der Waals surface area contributed by atoms with Crippen LogP contribution < -0.4 is 21.3 Å². The van der Waals surface area contributed by atoms with E-state index in [0.717, 1.165) is 22.9 Å². The summed E-state index contributed by atoms with van der Waals surface area (Å²) in [5.74, 6) is -0.291. The Labute approximate surface area is 242 Å². The first-order valence-electron chi connectivity index (χ1n) is 13.0. The summed E-state index contributed by atoms with van der Waals surface area (Å²) in [4.78, 5) is 42.8. The number of sulfonamides is 1. The van der Waals surface area contributed by atoms with Crippen molar-refractivity contribution in [3.63, 3.8) is 0 Å². The summed E-state index contributed by atoms with van der Waals surface area (Å²) in [5.41, 5.74) is 2.18. The summed E-state index contributed by atoms with van der Waals surface area (Å²) < 4.78 is 24.3. The number of para-hydroxylation sites is 1. The number of fused-ring (bicyclic) bond motifs is 1. The number of nitrogens with one attached hydrogen (secondary N) is 2. The van der Waals surface area contributed by atoms with Crippen molar-refractivity contribution >= 4 is 44.5 Å². The molecule has 4 N–H and O–H groups in total. The number of hydrogen-bond acceptors (Lipinski definition) is 7. The summed E-state index contributed by atoms with van der Waals surface area (Å²) in [6.07, 6.45) is 1.19. The van der Waals surface area contributed by atoms with Crippen molar-refractivity contribution in [1.82, 2.24) is 20.2 Å². The topological polar surface area (TPSA) is 153 Å². The highest BCUT2D eigenvalue weighted by atomic mass is 32.2. The Balaban J connectivity index is 1.33. The van der Waals surface area contributed by atoms with Gasteiger partial charge in [0.1, 0.15) is 0 Å². The van der Waals surface area contributed by atoms with Gasteiger partial charge in [0.2, 0.25) is 21.8 Å². The second-order valence-corrected chi connectivity index (χ2v) is 11.8. The van der Waals surface area contributed by atoms with Gasteiger partial charge in [-0.15, -0.1) is 0 Å². The third kappa shape index (κ3) is 8.74. The molecule has 0 aliphatic rings. The van der Waals surface area contributed by atoms with Gasteiger partial charge in [-0.2, -0.15) is 0 Å². The minimum absolute atomic E-state index is 0.0310. The van der Waals surface area contributed by atoms with Crippen LogP contribution in [-0.4, -0.2) is 42.1 Å². The fourth-order valence-electron chi connectivity index (χ4n) is 4.11. The van der Waals surface area contributed by atoms with Crippen molar-refractivity contribution in [2.24, 2.45) is 5.14 Å². The smallest absolute Gasteiger partial charge is 0.262 e. The number of benzene rings is 3. The van der Waals surface area contributed by atoms with Crippen LogP contribution in [0.3, 0.4) is 0 Å². The van der Waals surface area contributed by atoms with Crippen molar-refractivity contribution < 1.29 is 18.0 Å². The van der Waals surface area contributed by atoms with E-state index in [-0.39, 0.29) is 41.0 Å². The number of thioether (sulfide) groups is 1. The zero-order valence-corrected chi connectivity index (χ0v) is 23.9. The first kappa shape index (κ1) is 30.0. The van der Waals surface area contributed by atoms with E-state index in [1.807, 2.05) is 30.3 Å². The van der Waals surface area contributed by atoms with Crippen LogP contribution in [0.15, 0.2) is 93.7 Å². The quantitative estimate of drug-likeness (QED) is 0.159. The molecule has 0 aliphatic heterocycles. The molecule has 0 radical (unpaired) electrons. The zero-order valence-electron chi connectivity index (χ0n) is 22.3. The highest BCUT2D eigenvalue weighted by Crippen LogP contribution is 2.18. The molecule has 0 unspecified atom stereocenters. The number of carbonyl (C=O) groups excluding carboxylic acids is 2. The van der Waals surface area contributed by atoms with E-state index in [1.54, 1.807) is 36.4 Å². The summed E-state index contributed by atoms with van der Waals surface area (Å²) in [6.45, 7) is 1.08. The largest absolute Gasteiger partial charge is 0.355 e. The number of primary sulfonamides is 1. The van der Waals surface area contributed by atoms with E-state index in [4.69, 9.17) is 5.14 Å². The van der Waals surface area contributed by atoms with Crippen molar-refractivity contribution in [2.45, 2.75) is 42.4 Å². The number of hydrogen-bond donors (Lipinski definition) is 3. The lowest BCUT2D eigenvalue weighted by Gasteiger charge is -2.13. The second-order valence-electron chi connectivity index (χ2n) is 9.31. The van der Waals surface area contributed by atoms with Crippen LogP contribution in [-0.2, 0) is 39.1 Å².